The van der Waals surface area contributed by atoms with Crippen molar-refractivity contribution in [2.24, 2.45) is 0 Å². The van der Waals surface area contributed by atoms with E-state index in [-0.39, 0.29) is 32.2 Å². The minimum absolute atomic E-state index is 0. The van der Waals surface area contributed by atoms with Gasteiger partial charge in [-0.25, -0.2) is 34.3 Å². The monoisotopic (exact) mass is 863 g/mol. The van der Waals surface area contributed by atoms with Gasteiger partial charge in [-0.1, -0.05) is 28.2 Å². The Balaban J connectivity index is 0.000000450. The Morgan fingerprint density at radius 2 is 1.08 bits per heavy atom. The fourth-order valence-electron chi connectivity index (χ4n) is 4.99. The van der Waals surface area contributed by atoms with Crippen LogP contribution in [-0.2, 0) is 41.6 Å². The van der Waals surface area contributed by atoms with Crippen LogP contribution in [0.2, 0.25) is 0 Å². The number of imidazole rings is 2. The molecule has 3 atom stereocenters. The molecule has 0 spiro atoms. The fourth-order valence-corrected chi connectivity index (χ4v) is 5.40. The number of nitrogens with one attached hydrogen (secondary N) is 3. The molecule has 3 unspecified atom stereocenters. The Morgan fingerprint density at radius 3 is 1.55 bits per heavy atom. The molecule has 0 aliphatic heterocycles. The maximum atomic E-state index is 11.8. The van der Waals surface area contributed by atoms with Gasteiger partial charge in [0.05, 0.1) is 37.1 Å². The van der Waals surface area contributed by atoms with Gasteiger partial charge in [-0.3, -0.25) is 4.18 Å². The lowest BCUT2D eigenvalue weighted by Gasteiger charge is -2.23. The van der Waals surface area contributed by atoms with Gasteiger partial charge in [-0.05, 0) is 106 Å². The zero-order valence-corrected chi connectivity index (χ0v) is 37.7. The van der Waals surface area contributed by atoms with E-state index >= 15 is 0 Å². The number of carbonyl (C=O) groups excluding carboxylic acids is 3. The number of amides is 3. The summed E-state index contributed by atoms with van der Waals surface area (Å²) in [6.45, 7) is 23.4. The van der Waals surface area contributed by atoms with E-state index in [0.717, 1.165) is 35.8 Å². The van der Waals surface area contributed by atoms with E-state index in [9.17, 15) is 22.8 Å². The van der Waals surface area contributed by atoms with Gasteiger partial charge < -0.3 is 39.3 Å². The van der Waals surface area contributed by atoms with Crippen LogP contribution in [-0.4, -0.2) is 104 Å². The molecule has 4 aromatic heterocycles. The summed E-state index contributed by atoms with van der Waals surface area (Å²) in [6, 6.07) is 7.19. The fraction of sp³-hybridized carbons (Fsp3) is 0.634. The number of nitrogens with zero attached hydrogens (tertiary/aromatic N) is 6. The average Bonchev–Trinajstić information content (AvgIpc) is 3.71. The van der Waals surface area contributed by atoms with Crippen LogP contribution in [0.3, 0.4) is 0 Å². The second-order valence-corrected chi connectivity index (χ2v) is 18.4. The molecule has 4 heterocycles. The molecule has 3 N–H and O–H groups in total. The summed E-state index contributed by atoms with van der Waals surface area (Å²) in [5.41, 5.74) is 1.78. The second kappa shape index (κ2) is 23.7. The molecule has 0 fully saturated rings. The highest BCUT2D eigenvalue weighted by Gasteiger charge is 2.22. The van der Waals surface area contributed by atoms with Crippen molar-refractivity contribution >= 4 is 50.7 Å². The first-order valence-corrected chi connectivity index (χ1v) is 21.5. The SMILES string of the molecule is C.CCC(COS(C)(=O)=O)NC(=O)OC(C)(C)C.CCC(Cn1cnc2cccnc21)NC(=O)OC(C)(C)C.CCC(Cn1cnc2ncccc21)NC(=O)OC(C)(C)C. The molecular formula is C41H69N9O9S. The van der Waals surface area contributed by atoms with Crippen LogP contribution in [0.5, 0.6) is 0 Å². The lowest BCUT2D eigenvalue weighted by Crippen LogP contribution is -2.41. The van der Waals surface area contributed by atoms with Gasteiger partial charge >= 0.3 is 18.3 Å². The smallest absolute Gasteiger partial charge is 0.407 e. The second-order valence-electron chi connectivity index (χ2n) is 16.7. The minimum Gasteiger partial charge on any atom is -0.444 e. The third-order valence-electron chi connectivity index (χ3n) is 7.73. The van der Waals surface area contributed by atoms with E-state index in [1.54, 1.807) is 45.8 Å². The van der Waals surface area contributed by atoms with E-state index in [4.69, 9.17) is 14.2 Å². The van der Waals surface area contributed by atoms with Crippen LogP contribution in [0.1, 0.15) is 110 Å². The normalized spacial score (nSPS) is 13.2. The Labute approximate surface area is 356 Å². The number of hydrogen-bond acceptors (Lipinski definition) is 13. The van der Waals surface area contributed by atoms with Gasteiger partial charge in [0.2, 0.25) is 0 Å². The summed E-state index contributed by atoms with van der Waals surface area (Å²) >= 11 is 0. The van der Waals surface area contributed by atoms with Crippen LogP contribution in [0.25, 0.3) is 22.3 Å². The van der Waals surface area contributed by atoms with Crippen LogP contribution in [0, 0.1) is 0 Å². The molecule has 4 rings (SSSR count). The topological polar surface area (TPSA) is 220 Å². The third-order valence-corrected chi connectivity index (χ3v) is 8.29. The van der Waals surface area contributed by atoms with Crippen molar-refractivity contribution in [1.82, 2.24) is 45.0 Å². The van der Waals surface area contributed by atoms with E-state index in [1.165, 1.54) is 0 Å². The number of rotatable bonds is 13. The zero-order valence-electron chi connectivity index (χ0n) is 36.9. The Hall–Kier alpha value is -5.04. The van der Waals surface area contributed by atoms with Crippen LogP contribution in [0.15, 0.2) is 49.3 Å². The van der Waals surface area contributed by atoms with E-state index in [2.05, 4.69) is 40.1 Å². The number of aromatic nitrogens is 6. The van der Waals surface area contributed by atoms with Gasteiger partial charge in [0.15, 0.2) is 11.3 Å². The van der Waals surface area contributed by atoms with Crippen LogP contribution >= 0.6 is 0 Å². The number of fused-ring (bicyclic) bond motifs is 2. The highest BCUT2D eigenvalue weighted by atomic mass is 32.2. The molecule has 18 nitrogen and oxygen atoms in total. The van der Waals surface area contributed by atoms with Gasteiger partial charge in [-0.2, -0.15) is 8.42 Å². The molecule has 4 aromatic rings. The van der Waals surface area contributed by atoms with Crippen LogP contribution < -0.4 is 16.0 Å². The quantitative estimate of drug-likeness (QED) is 0.0884. The van der Waals surface area contributed by atoms with Crippen molar-refractivity contribution < 1.29 is 41.2 Å². The molecule has 0 aromatic carbocycles. The summed E-state index contributed by atoms with van der Waals surface area (Å²) in [5.74, 6) is 0. The highest BCUT2D eigenvalue weighted by molar-refractivity contribution is 7.85. The summed E-state index contributed by atoms with van der Waals surface area (Å²) in [7, 11) is -3.49. The summed E-state index contributed by atoms with van der Waals surface area (Å²) in [6.07, 6.45) is 8.70. The summed E-state index contributed by atoms with van der Waals surface area (Å²) in [5, 5.41) is 8.33. The van der Waals surface area contributed by atoms with Crippen molar-refractivity contribution in [3.63, 3.8) is 0 Å². The lowest BCUT2D eigenvalue weighted by atomic mass is 10.2. The Bertz CT molecular complexity index is 1920. The maximum Gasteiger partial charge on any atom is 0.407 e. The molecule has 0 bridgehead atoms. The van der Waals surface area contributed by atoms with Gasteiger partial charge in [0.1, 0.15) is 22.3 Å². The molecule has 0 radical (unpaired) electrons. The molecule has 338 valence electrons. The number of hydrogen-bond donors (Lipinski definition) is 3. The number of carbonyl (C=O) groups is 3. The first kappa shape index (κ1) is 53.0. The third kappa shape index (κ3) is 21.3. The molecule has 19 heteroatoms. The molecule has 60 heavy (non-hydrogen) atoms. The Morgan fingerprint density at radius 1 is 0.650 bits per heavy atom. The first-order valence-electron chi connectivity index (χ1n) is 19.7. The summed E-state index contributed by atoms with van der Waals surface area (Å²) in [4.78, 5) is 52.2. The van der Waals surface area contributed by atoms with Crippen molar-refractivity contribution in [2.75, 3.05) is 12.9 Å². The predicted molar refractivity (Wildman–Crippen MR) is 233 cm³/mol. The van der Waals surface area contributed by atoms with Crippen molar-refractivity contribution in [1.29, 1.82) is 0 Å². The van der Waals surface area contributed by atoms with Crippen molar-refractivity contribution in [3.05, 3.63) is 49.3 Å². The Kier molecular flexibility index (Phi) is 20.9. The lowest BCUT2D eigenvalue weighted by molar-refractivity contribution is 0.0479. The molecule has 0 saturated heterocycles. The molecule has 0 aliphatic rings. The van der Waals surface area contributed by atoms with Crippen molar-refractivity contribution in [2.45, 2.75) is 158 Å². The zero-order chi connectivity index (χ0) is 44.6. The minimum atomic E-state index is -3.49. The van der Waals surface area contributed by atoms with Crippen molar-refractivity contribution in [3.8, 4) is 0 Å². The first-order chi connectivity index (χ1) is 27.3. The average molecular weight is 864 g/mol. The highest BCUT2D eigenvalue weighted by Crippen LogP contribution is 2.14. The number of alkyl carbamates (subject to hydrolysis) is 3. The molecule has 0 aliphatic carbocycles. The van der Waals surface area contributed by atoms with Gasteiger partial charge in [0.25, 0.3) is 10.1 Å². The largest absolute Gasteiger partial charge is 0.444 e. The van der Waals surface area contributed by atoms with Gasteiger partial charge in [0, 0.05) is 37.6 Å². The van der Waals surface area contributed by atoms with E-state index < -0.39 is 45.2 Å². The summed E-state index contributed by atoms with van der Waals surface area (Å²) < 4.78 is 45.8. The molecular weight excluding hydrogens is 795 g/mol. The predicted octanol–water partition coefficient (Wildman–Crippen LogP) is 7.37. The van der Waals surface area contributed by atoms with E-state index in [1.807, 2.05) is 95.7 Å². The standard InChI is InChI=1S/2C15H22N4O2.C10H21NO5S.CH4/c1-5-11(18-14(20)21-15(2,3)4)9-19-10-17-13-12(19)7-6-8-16-13;1-5-11(18-14(20)21-15(2,3)4)9-19-10-17-12-7-6-8-16-13(12)19;1-6-8(7-15-17(5,13)14)11-9(12)16-10(2,3)4;/h2*6-8,10-11H,5,9H2,1-4H3,(H,18,20);8H,6-7H2,1-5H3,(H,11,12);1H4. The van der Waals surface area contributed by atoms with E-state index in [0.29, 0.717) is 25.2 Å². The molecule has 3 amide bonds. The number of ether oxygens (including phenoxy) is 3. The van der Waals surface area contributed by atoms with Gasteiger partial charge in [-0.15, -0.1) is 0 Å². The maximum absolute atomic E-state index is 11.8. The number of pyridine rings is 2. The molecule has 0 saturated carbocycles. The van der Waals surface area contributed by atoms with Crippen LogP contribution in [0.4, 0.5) is 14.4 Å².